The average molecular weight is 307 g/mol. The standard InChI is InChI=1S/C12H25N3O4S/c1-10-6-5-7-11(2)15(10)13-20(17,18)14(3)9-8-12(16)19-4/h10-11,13H,5-9H2,1-4H3. The normalized spacial score (nSPS) is 24.9. The third-order valence-electron chi connectivity index (χ3n) is 3.68. The SMILES string of the molecule is COC(=O)CCN(C)S(=O)(=O)NN1C(C)CCCC1C. The van der Waals surface area contributed by atoms with E-state index < -0.39 is 16.2 Å². The van der Waals surface area contributed by atoms with Crippen LogP contribution in [0.5, 0.6) is 0 Å². The molecule has 2 atom stereocenters. The molecule has 1 rings (SSSR count). The van der Waals surface area contributed by atoms with Gasteiger partial charge in [-0.05, 0) is 26.7 Å². The number of ether oxygens (including phenoxy) is 1. The van der Waals surface area contributed by atoms with E-state index in [2.05, 4.69) is 9.57 Å². The zero-order valence-corrected chi connectivity index (χ0v) is 13.4. The molecule has 1 aliphatic heterocycles. The van der Waals surface area contributed by atoms with Crippen LogP contribution in [0.1, 0.15) is 39.5 Å². The molecule has 2 unspecified atom stereocenters. The van der Waals surface area contributed by atoms with E-state index >= 15 is 0 Å². The van der Waals surface area contributed by atoms with Crippen LogP contribution in [-0.4, -0.2) is 56.5 Å². The molecule has 8 heteroatoms. The number of nitrogens with one attached hydrogen (secondary N) is 1. The molecule has 0 spiro atoms. The van der Waals surface area contributed by atoms with Gasteiger partial charge in [0.05, 0.1) is 13.5 Å². The molecular formula is C12H25N3O4S. The second-order valence-corrected chi connectivity index (χ2v) is 7.04. The molecule has 20 heavy (non-hydrogen) atoms. The number of hydrogen-bond donors (Lipinski definition) is 1. The van der Waals surface area contributed by atoms with Crippen molar-refractivity contribution >= 4 is 16.2 Å². The molecule has 0 bridgehead atoms. The first-order valence-electron chi connectivity index (χ1n) is 6.86. The van der Waals surface area contributed by atoms with Crippen LogP contribution in [-0.2, 0) is 19.7 Å². The molecule has 1 aliphatic rings. The van der Waals surface area contributed by atoms with Crippen molar-refractivity contribution in [2.45, 2.75) is 51.6 Å². The topological polar surface area (TPSA) is 78.9 Å². The lowest BCUT2D eigenvalue weighted by atomic mass is 10.0. The van der Waals surface area contributed by atoms with E-state index in [0.29, 0.717) is 0 Å². The Morgan fingerprint density at radius 2 is 1.90 bits per heavy atom. The summed E-state index contributed by atoms with van der Waals surface area (Å²) in [6.45, 7) is 4.11. The van der Waals surface area contributed by atoms with Gasteiger partial charge in [-0.2, -0.15) is 12.7 Å². The summed E-state index contributed by atoms with van der Waals surface area (Å²) in [4.78, 5) is 13.7. The van der Waals surface area contributed by atoms with Gasteiger partial charge in [0.25, 0.3) is 10.2 Å². The number of piperidine rings is 1. The fourth-order valence-corrected chi connectivity index (χ4v) is 3.37. The molecule has 0 radical (unpaired) electrons. The minimum atomic E-state index is -3.63. The Morgan fingerprint density at radius 3 is 2.40 bits per heavy atom. The number of nitrogens with zero attached hydrogens (tertiary/aromatic N) is 2. The maximum absolute atomic E-state index is 12.2. The molecule has 7 nitrogen and oxygen atoms in total. The van der Waals surface area contributed by atoms with E-state index in [1.54, 1.807) is 5.01 Å². The minimum absolute atomic E-state index is 0.0407. The fraction of sp³-hybridized carbons (Fsp3) is 0.917. The number of hydrogen-bond acceptors (Lipinski definition) is 5. The summed E-state index contributed by atoms with van der Waals surface area (Å²) in [6.07, 6.45) is 3.09. The van der Waals surface area contributed by atoms with Crippen molar-refractivity contribution in [3.05, 3.63) is 0 Å². The summed E-state index contributed by atoms with van der Waals surface area (Å²) in [5, 5.41) is 1.79. The van der Waals surface area contributed by atoms with E-state index in [-0.39, 0.29) is 25.0 Å². The van der Waals surface area contributed by atoms with Crippen molar-refractivity contribution in [1.82, 2.24) is 14.1 Å². The van der Waals surface area contributed by atoms with Crippen LogP contribution in [0.15, 0.2) is 0 Å². The number of carbonyl (C=O) groups excluding carboxylic acids is 1. The summed E-state index contributed by atoms with van der Waals surface area (Å²) in [5.41, 5.74) is 0. The molecule has 1 fully saturated rings. The Labute approximate surface area is 121 Å². The number of esters is 1. The number of carbonyl (C=O) groups is 1. The zero-order chi connectivity index (χ0) is 15.3. The molecule has 0 aliphatic carbocycles. The number of hydrazine groups is 1. The molecule has 118 valence electrons. The quantitative estimate of drug-likeness (QED) is 0.723. The summed E-state index contributed by atoms with van der Waals surface area (Å²) in [6, 6.07) is 0.338. The highest BCUT2D eigenvalue weighted by Gasteiger charge is 2.30. The van der Waals surface area contributed by atoms with E-state index in [4.69, 9.17) is 0 Å². The van der Waals surface area contributed by atoms with Gasteiger partial charge < -0.3 is 4.74 Å². The Hall–Kier alpha value is -0.700. The highest BCUT2D eigenvalue weighted by molar-refractivity contribution is 7.87. The smallest absolute Gasteiger partial charge is 0.306 e. The lowest BCUT2D eigenvalue weighted by molar-refractivity contribution is -0.140. The van der Waals surface area contributed by atoms with Crippen molar-refractivity contribution in [3.8, 4) is 0 Å². The van der Waals surface area contributed by atoms with Crippen LogP contribution in [0.2, 0.25) is 0 Å². The monoisotopic (exact) mass is 307 g/mol. The summed E-state index contributed by atoms with van der Waals surface area (Å²) in [5.74, 6) is -0.424. The van der Waals surface area contributed by atoms with Crippen molar-refractivity contribution in [2.24, 2.45) is 0 Å². The van der Waals surface area contributed by atoms with E-state index in [1.807, 2.05) is 13.8 Å². The summed E-state index contributed by atoms with van der Waals surface area (Å²) >= 11 is 0. The molecule has 1 heterocycles. The average Bonchev–Trinajstić information content (AvgIpc) is 2.39. The minimum Gasteiger partial charge on any atom is -0.469 e. The lowest BCUT2D eigenvalue weighted by Crippen LogP contribution is -2.56. The Bertz CT molecular complexity index is 416. The molecule has 0 saturated carbocycles. The Kier molecular flexibility index (Phi) is 6.38. The maximum atomic E-state index is 12.2. The highest BCUT2D eigenvalue weighted by Crippen LogP contribution is 2.21. The predicted octanol–water partition coefficient (Wildman–Crippen LogP) is 0.494. The van der Waals surface area contributed by atoms with Gasteiger partial charge in [-0.15, -0.1) is 4.83 Å². The van der Waals surface area contributed by atoms with E-state index in [0.717, 1.165) is 23.6 Å². The van der Waals surface area contributed by atoms with Crippen LogP contribution in [0, 0.1) is 0 Å². The second-order valence-electron chi connectivity index (χ2n) is 5.28. The number of rotatable bonds is 6. The van der Waals surface area contributed by atoms with Gasteiger partial charge >= 0.3 is 5.97 Å². The van der Waals surface area contributed by atoms with Crippen molar-refractivity contribution < 1.29 is 17.9 Å². The number of methoxy groups -OCH3 is 1. The lowest BCUT2D eigenvalue weighted by Gasteiger charge is -2.39. The third-order valence-corrected chi connectivity index (χ3v) is 5.13. The van der Waals surface area contributed by atoms with Gasteiger partial charge in [-0.25, -0.2) is 5.01 Å². The molecule has 0 amide bonds. The zero-order valence-electron chi connectivity index (χ0n) is 12.6. The van der Waals surface area contributed by atoms with Gasteiger partial charge in [0.1, 0.15) is 0 Å². The first kappa shape index (κ1) is 17.4. The summed E-state index contributed by atoms with van der Waals surface area (Å²) < 4.78 is 30.1. The molecule has 0 aromatic rings. The van der Waals surface area contributed by atoms with Crippen LogP contribution >= 0.6 is 0 Å². The van der Waals surface area contributed by atoms with Crippen LogP contribution in [0.3, 0.4) is 0 Å². The summed E-state index contributed by atoms with van der Waals surface area (Å²) in [7, 11) is -0.895. The van der Waals surface area contributed by atoms with Crippen LogP contribution < -0.4 is 4.83 Å². The second kappa shape index (κ2) is 7.35. The van der Waals surface area contributed by atoms with Crippen LogP contribution in [0.4, 0.5) is 0 Å². The highest BCUT2D eigenvalue weighted by atomic mass is 32.2. The Morgan fingerprint density at radius 1 is 1.35 bits per heavy atom. The maximum Gasteiger partial charge on any atom is 0.306 e. The first-order chi connectivity index (χ1) is 9.27. The first-order valence-corrected chi connectivity index (χ1v) is 8.30. The van der Waals surface area contributed by atoms with Gasteiger partial charge in [0.2, 0.25) is 0 Å². The molecule has 0 aromatic carbocycles. The van der Waals surface area contributed by atoms with Gasteiger partial charge in [-0.3, -0.25) is 4.79 Å². The van der Waals surface area contributed by atoms with E-state index in [1.165, 1.54) is 14.2 Å². The van der Waals surface area contributed by atoms with Crippen molar-refractivity contribution in [3.63, 3.8) is 0 Å². The molecule has 1 N–H and O–H groups in total. The van der Waals surface area contributed by atoms with Crippen LogP contribution in [0.25, 0.3) is 0 Å². The van der Waals surface area contributed by atoms with E-state index in [9.17, 15) is 13.2 Å². The molecule has 0 aromatic heterocycles. The van der Waals surface area contributed by atoms with Gasteiger partial charge in [0, 0.05) is 25.7 Å². The third kappa shape index (κ3) is 4.69. The molecular weight excluding hydrogens is 282 g/mol. The Balaban J connectivity index is 2.61. The van der Waals surface area contributed by atoms with Crippen molar-refractivity contribution in [2.75, 3.05) is 20.7 Å². The fourth-order valence-electron chi connectivity index (χ4n) is 2.28. The van der Waals surface area contributed by atoms with Gasteiger partial charge in [0.15, 0.2) is 0 Å². The van der Waals surface area contributed by atoms with Crippen molar-refractivity contribution in [1.29, 1.82) is 0 Å². The predicted molar refractivity (Wildman–Crippen MR) is 75.9 cm³/mol. The molecule has 1 saturated heterocycles. The largest absolute Gasteiger partial charge is 0.469 e. The van der Waals surface area contributed by atoms with Gasteiger partial charge in [-0.1, -0.05) is 6.42 Å².